The molecule has 1 unspecified atom stereocenters. The first-order valence-corrected chi connectivity index (χ1v) is 8.58. The SMILES string of the molecule is CNC(C(=O)Nc1ccc(CCSC)cc1)c1cnn(C)c1. The summed E-state index contributed by atoms with van der Waals surface area (Å²) >= 11 is 1.83. The van der Waals surface area contributed by atoms with Crippen LogP contribution in [0.25, 0.3) is 0 Å². The van der Waals surface area contributed by atoms with E-state index in [1.165, 1.54) is 5.56 Å². The number of nitrogens with zero attached hydrogens (tertiary/aromatic N) is 2. The molecule has 6 heteroatoms. The number of likely N-dealkylation sites (N-methyl/N-ethyl adjacent to an activating group) is 1. The van der Waals surface area contributed by atoms with Gasteiger partial charge in [-0.2, -0.15) is 16.9 Å². The van der Waals surface area contributed by atoms with Crippen molar-refractivity contribution in [3.05, 3.63) is 47.8 Å². The Morgan fingerprint density at radius 3 is 2.64 bits per heavy atom. The molecule has 5 nitrogen and oxygen atoms in total. The molecule has 1 aromatic carbocycles. The molecule has 1 atom stereocenters. The highest BCUT2D eigenvalue weighted by Crippen LogP contribution is 2.16. The van der Waals surface area contributed by atoms with Gasteiger partial charge in [-0.05, 0) is 43.2 Å². The van der Waals surface area contributed by atoms with Gasteiger partial charge in [0.1, 0.15) is 6.04 Å². The molecule has 2 aromatic rings. The monoisotopic (exact) mass is 318 g/mol. The first-order valence-electron chi connectivity index (χ1n) is 7.18. The molecule has 0 saturated heterocycles. The Bertz CT molecular complexity index is 609. The molecule has 1 aromatic heterocycles. The molecule has 22 heavy (non-hydrogen) atoms. The van der Waals surface area contributed by atoms with E-state index in [-0.39, 0.29) is 5.91 Å². The normalized spacial score (nSPS) is 12.1. The van der Waals surface area contributed by atoms with E-state index in [0.29, 0.717) is 0 Å². The van der Waals surface area contributed by atoms with Crippen molar-refractivity contribution >= 4 is 23.4 Å². The van der Waals surface area contributed by atoms with Crippen LogP contribution >= 0.6 is 11.8 Å². The number of aromatic nitrogens is 2. The minimum Gasteiger partial charge on any atom is -0.324 e. The van der Waals surface area contributed by atoms with Gasteiger partial charge in [0.25, 0.3) is 0 Å². The number of carbonyl (C=O) groups is 1. The number of amides is 1. The van der Waals surface area contributed by atoms with Crippen LogP contribution in [-0.4, -0.2) is 34.7 Å². The summed E-state index contributed by atoms with van der Waals surface area (Å²) in [7, 11) is 3.60. The maximum absolute atomic E-state index is 12.4. The number of carbonyl (C=O) groups excluding carboxylic acids is 1. The third-order valence-corrected chi connectivity index (χ3v) is 4.04. The average molecular weight is 318 g/mol. The molecule has 1 amide bonds. The predicted molar refractivity (Wildman–Crippen MR) is 92.2 cm³/mol. The molecule has 2 rings (SSSR count). The Hall–Kier alpha value is -1.79. The lowest BCUT2D eigenvalue weighted by atomic mass is 10.1. The number of hydrogen-bond donors (Lipinski definition) is 2. The van der Waals surface area contributed by atoms with Crippen molar-refractivity contribution in [1.82, 2.24) is 15.1 Å². The maximum atomic E-state index is 12.4. The van der Waals surface area contributed by atoms with Gasteiger partial charge in [-0.1, -0.05) is 12.1 Å². The summed E-state index contributed by atoms with van der Waals surface area (Å²) in [5, 5.41) is 10.1. The number of rotatable bonds is 7. The van der Waals surface area contributed by atoms with E-state index in [9.17, 15) is 4.79 Å². The fraction of sp³-hybridized carbons (Fsp3) is 0.375. The van der Waals surface area contributed by atoms with Gasteiger partial charge in [0.15, 0.2) is 0 Å². The highest BCUT2D eigenvalue weighted by Gasteiger charge is 2.20. The summed E-state index contributed by atoms with van der Waals surface area (Å²) in [6, 6.07) is 7.60. The fourth-order valence-corrected chi connectivity index (χ4v) is 2.67. The van der Waals surface area contributed by atoms with Crippen molar-refractivity contribution in [3.63, 3.8) is 0 Å². The maximum Gasteiger partial charge on any atom is 0.246 e. The summed E-state index contributed by atoms with van der Waals surface area (Å²) in [5.41, 5.74) is 2.94. The van der Waals surface area contributed by atoms with E-state index in [1.54, 1.807) is 17.9 Å². The number of benzene rings is 1. The topological polar surface area (TPSA) is 59.0 Å². The number of hydrogen-bond acceptors (Lipinski definition) is 4. The molecule has 2 N–H and O–H groups in total. The van der Waals surface area contributed by atoms with Crippen LogP contribution in [0.2, 0.25) is 0 Å². The standard InChI is InChI=1S/C16H22N4OS/c1-17-15(13-10-18-20(2)11-13)16(21)19-14-6-4-12(5-7-14)8-9-22-3/h4-7,10-11,15,17H,8-9H2,1-3H3,(H,19,21). The predicted octanol–water partition coefficient (Wildman–Crippen LogP) is 2.22. The minimum atomic E-state index is -0.412. The molecule has 1 heterocycles. The Morgan fingerprint density at radius 2 is 2.09 bits per heavy atom. The van der Waals surface area contributed by atoms with Crippen LogP contribution in [0.4, 0.5) is 5.69 Å². The van der Waals surface area contributed by atoms with Crippen molar-refractivity contribution in [2.45, 2.75) is 12.5 Å². The molecule has 0 aliphatic heterocycles. The largest absolute Gasteiger partial charge is 0.324 e. The van der Waals surface area contributed by atoms with E-state index >= 15 is 0 Å². The van der Waals surface area contributed by atoms with Gasteiger partial charge < -0.3 is 10.6 Å². The molecule has 0 fully saturated rings. The Kier molecular flexibility index (Phi) is 6.03. The van der Waals surface area contributed by atoms with Gasteiger partial charge in [0.2, 0.25) is 5.91 Å². The van der Waals surface area contributed by atoms with Crippen LogP contribution in [0.15, 0.2) is 36.7 Å². The van der Waals surface area contributed by atoms with Gasteiger partial charge in [-0.25, -0.2) is 0 Å². The average Bonchev–Trinajstić information content (AvgIpc) is 2.93. The molecular weight excluding hydrogens is 296 g/mol. The molecule has 0 radical (unpaired) electrons. The van der Waals surface area contributed by atoms with Crippen molar-refractivity contribution in [2.24, 2.45) is 7.05 Å². The van der Waals surface area contributed by atoms with Crippen molar-refractivity contribution in [3.8, 4) is 0 Å². The summed E-state index contributed by atoms with van der Waals surface area (Å²) < 4.78 is 1.69. The van der Waals surface area contributed by atoms with Gasteiger partial charge in [0.05, 0.1) is 6.20 Å². The minimum absolute atomic E-state index is 0.0904. The van der Waals surface area contributed by atoms with E-state index in [2.05, 4.69) is 34.1 Å². The highest BCUT2D eigenvalue weighted by molar-refractivity contribution is 7.98. The zero-order chi connectivity index (χ0) is 15.9. The Morgan fingerprint density at radius 1 is 1.36 bits per heavy atom. The smallest absolute Gasteiger partial charge is 0.246 e. The lowest BCUT2D eigenvalue weighted by Crippen LogP contribution is -2.30. The summed E-state index contributed by atoms with van der Waals surface area (Å²) in [6.45, 7) is 0. The number of thioether (sulfide) groups is 1. The lowest BCUT2D eigenvalue weighted by Gasteiger charge is -2.14. The summed E-state index contributed by atoms with van der Waals surface area (Å²) in [6.07, 6.45) is 6.69. The van der Waals surface area contributed by atoms with Crippen LogP contribution in [0.1, 0.15) is 17.2 Å². The molecular formula is C16H22N4OS. The van der Waals surface area contributed by atoms with Crippen molar-refractivity contribution < 1.29 is 4.79 Å². The van der Waals surface area contributed by atoms with Crippen LogP contribution in [-0.2, 0) is 18.3 Å². The quantitative estimate of drug-likeness (QED) is 0.822. The number of nitrogens with one attached hydrogen (secondary N) is 2. The molecule has 0 aliphatic rings. The Labute approximate surface area is 135 Å². The second-order valence-electron chi connectivity index (χ2n) is 5.10. The lowest BCUT2D eigenvalue weighted by molar-refractivity contribution is -0.118. The fourth-order valence-electron chi connectivity index (χ4n) is 2.23. The third-order valence-electron chi connectivity index (χ3n) is 3.43. The van der Waals surface area contributed by atoms with E-state index in [1.807, 2.05) is 37.1 Å². The molecule has 118 valence electrons. The van der Waals surface area contributed by atoms with E-state index in [0.717, 1.165) is 23.4 Å². The zero-order valence-corrected chi connectivity index (χ0v) is 14.0. The van der Waals surface area contributed by atoms with Crippen molar-refractivity contribution in [1.29, 1.82) is 0 Å². The van der Waals surface area contributed by atoms with Crippen LogP contribution < -0.4 is 10.6 Å². The van der Waals surface area contributed by atoms with Crippen LogP contribution in [0, 0.1) is 0 Å². The first-order chi connectivity index (χ1) is 10.6. The van der Waals surface area contributed by atoms with Crippen LogP contribution in [0.5, 0.6) is 0 Å². The van der Waals surface area contributed by atoms with Gasteiger partial charge in [-0.15, -0.1) is 0 Å². The molecule has 0 saturated carbocycles. The van der Waals surface area contributed by atoms with E-state index < -0.39 is 6.04 Å². The second-order valence-corrected chi connectivity index (χ2v) is 6.08. The third kappa shape index (κ3) is 4.35. The number of aryl methyl sites for hydroxylation is 2. The number of anilines is 1. The molecule has 0 aliphatic carbocycles. The van der Waals surface area contributed by atoms with E-state index in [4.69, 9.17) is 0 Å². The van der Waals surface area contributed by atoms with Crippen LogP contribution in [0.3, 0.4) is 0 Å². The van der Waals surface area contributed by atoms with Gasteiger partial charge in [-0.3, -0.25) is 9.48 Å². The second kappa shape index (κ2) is 8.00. The summed E-state index contributed by atoms with van der Waals surface area (Å²) in [5.74, 6) is 1.02. The zero-order valence-electron chi connectivity index (χ0n) is 13.2. The van der Waals surface area contributed by atoms with Crippen molar-refractivity contribution in [2.75, 3.05) is 24.4 Å². The van der Waals surface area contributed by atoms with Gasteiger partial charge in [0, 0.05) is 24.5 Å². The highest BCUT2D eigenvalue weighted by atomic mass is 32.2. The first kappa shape index (κ1) is 16.6. The molecule has 0 bridgehead atoms. The Balaban J connectivity index is 2.00. The molecule has 0 spiro atoms. The van der Waals surface area contributed by atoms with Gasteiger partial charge >= 0.3 is 0 Å². The summed E-state index contributed by atoms with van der Waals surface area (Å²) in [4.78, 5) is 12.4.